The lowest BCUT2D eigenvalue weighted by Crippen LogP contribution is -2.54. The number of benzene rings is 1. The van der Waals surface area contributed by atoms with Crippen LogP contribution in [0.2, 0.25) is 5.02 Å². The minimum atomic E-state index is -0.0717. The first kappa shape index (κ1) is 23.3. The van der Waals surface area contributed by atoms with Crippen molar-refractivity contribution in [3.63, 3.8) is 0 Å². The van der Waals surface area contributed by atoms with Gasteiger partial charge >= 0.3 is 0 Å². The molecule has 1 aliphatic heterocycles. The van der Waals surface area contributed by atoms with E-state index in [0.29, 0.717) is 43.5 Å². The second kappa shape index (κ2) is 11.3. The van der Waals surface area contributed by atoms with Crippen LogP contribution < -0.4 is 10.1 Å². The molecule has 0 bridgehead atoms. The van der Waals surface area contributed by atoms with Gasteiger partial charge in [0.15, 0.2) is 11.7 Å². The highest BCUT2D eigenvalue weighted by Crippen LogP contribution is 2.16. The molecule has 1 amide bonds. The van der Waals surface area contributed by atoms with Crippen molar-refractivity contribution in [3.8, 4) is 5.75 Å². The summed E-state index contributed by atoms with van der Waals surface area (Å²) >= 11 is 5.90. The van der Waals surface area contributed by atoms with Gasteiger partial charge in [-0.05, 0) is 43.3 Å². The quantitative estimate of drug-likeness (QED) is 0.363. The number of furan rings is 1. The Hall–Kier alpha value is -1.94. The summed E-state index contributed by atoms with van der Waals surface area (Å²) in [5.74, 6) is 1.89. The molecule has 0 radical (unpaired) electrons. The van der Waals surface area contributed by atoms with Crippen molar-refractivity contribution >= 4 is 47.4 Å². The summed E-state index contributed by atoms with van der Waals surface area (Å²) in [5.41, 5.74) is 0. The Morgan fingerprint density at radius 1 is 1.21 bits per heavy atom. The van der Waals surface area contributed by atoms with E-state index in [1.54, 1.807) is 36.2 Å². The van der Waals surface area contributed by atoms with Gasteiger partial charge in [-0.3, -0.25) is 9.79 Å². The largest absolute Gasteiger partial charge is 0.489 e. The number of piperazine rings is 1. The third-order valence-corrected chi connectivity index (χ3v) is 4.76. The Bertz CT molecular complexity index is 791. The molecule has 1 saturated heterocycles. The standard InChI is InChI=1S/C20H25ClN4O3.HI/c1-15(28-17-7-5-16(21)6-8-17)14-23-20(22-2)25-11-9-24(10-12-25)19(26)18-4-3-13-27-18;/h3-8,13,15H,9-12,14H2,1-2H3,(H,22,23);1H. The van der Waals surface area contributed by atoms with Gasteiger partial charge < -0.3 is 24.3 Å². The SMILES string of the molecule is CN=C(NCC(C)Oc1ccc(Cl)cc1)N1CCN(C(=O)c2ccco2)CC1.I. The van der Waals surface area contributed by atoms with E-state index in [1.807, 2.05) is 19.1 Å². The average molecular weight is 533 g/mol. The third-order valence-electron chi connectivity index (χ3n) is 4.51. The smallest absolute Gasteiger partial charge is 0.289 e. The summed E-state index contributed by atoms with van der Waals surface area (Å²) in [6.45, 7) is 5.26. The van der Waals surface area contributed by atoms with E-state index < -0.39 is 0 Å². The predicted octanol–water partition coefficient (Wildman–Crippen LogP) is 3.35. The van der Waals surface area contributed by atoms with Crippen molar-refractivity contribution in [2.24, 2.45) is 4.99 Å². The minimum absolute atomic E-state index is 0. The fourth-order valence-corrected chi connectivity index (χ4v) is 3.16. The monoisotopic (exact) mass is 532 g/mol. The van der Waals surface area contributed by atoms with Crippen LogP contribution in [0.25, 0.3) is 0 Å². The Morgan fingerprint density at radius 3 is 2.45 bits per heavy atom. The molecule has 0 spiro atoms. The van der Waals surface area contributed by atoms with E-state index in [2.05, 4.69) is 15.2 Å². The summed E-state index contributed by atoms with van der Waals surface area (Å²) in [4.78, 5) is 20.7. The number of guanidine groups is 1. The van der Waals surface area contributed by atoms with Gasteiger partial charge in [0, 0.05) is 38.2 Å². The van der Waals surface area contributed by atoms with Gasteiger partial charge in [-0.1, -0.05) is 11.6 Å². The number of hydrogen-bond donors (Lipinski definition) is 1. The van der Waals surface area contributed by atoms with Crippen molar-refractivity contribution in [2.75, 3.05) is 39.8 Å². The number of hydrogen-bond acceptors (Lipinski definition) is 4. The highest BCUT2D eigenvalue weighted by atomic mass is 127. The highest BCUT2D eigenvalue weighted by Gasteiger charge is 2.25. The first-order chi connectivity index (χ1) is 13.6. The number of carbonyl (C=O) groups is 1. The van der Waals surface area contributed by atoms with Crippen molar-refractivity contribution in [2.45, 2.75) is 13.0 Å². The molecule has 1 unspecified atom stereocenters. The van der Waals surface area contributed by atoms with Gasteiger partial charge in [0.2, 0.25) is 0 Å². The van der Waals surface area contributed by atoms with Crippen LogP contribution in [0.3, 0.4) is 0 Å². The maximum absolute atomic E-state index is 12.4. The van der Waals surface area contributed by atoms with Crippen molar-refractivity contribution in [1.29, 1.82) is 0 Å². The summed E-state index contributed by atoms with van der Waals surface area (Å²) in [5, 5.41) is 4.03. The number of aliphatic imine (C=N–C) groups is 1. The first-order valence-corrected chi connectivity index (χ1v) is 9.65. The van der Waals surface area contributed by atoms with E-state index in [9.17, 15) is 4.79 Å². The number of halogens is 2. The lowest BCUT2D eigenvalue weighted by molar-refractivity contribution is 0.0657. The lowest BCUT2D eigenvalue weighted by atomic mass is 10.3. The second-order valence-electron chi connectivity index (χ2n) is 6.57. The van der Waals surface area contributed by atoms with Gasteiger partial charge in [0.25, 0.3) is 5.91 Å². The second-order valence-corrected chi connectivity index (χ2v) is 7.00. The molecule has 9 heteroatoms. The summed E-state index contributed by atoms with van der Waals surface area (Å²) in [6, 6.07) is 10.7. The zero-order valence-corrected chi connectivity index (χ0v) is 19.6. The van der Waals surface area contributed by atoms with E-state index in [0.717, 1.165) is 11.7 Å². The molecule has 1 N–H and O–H groups in total. The molecule has 1 aromatic carbocycles. The number of amides is 1. The molecule has 158 valence electrons. The Balaban J connectivity index is 0.00000300. The molecule has 0 aliphatic carbocycles. The molecule has 0 saturated carbocycles. The number of rotatable bonds is 5. The van der Waals surface area contributed by atoms with Crippen molar-refractivity contribution < 1.29 is 13.9 Å². The fourth-order valence-electron chi connectivity index (χ4n) is 3.03. The average Bonchev–Trinajstić information content (AvgIpc) is 3.25. The Kier molecular flexibility index (Phi) is 9.09. The molecule has 1 aliphatic rings. The molecule has 1 fully saturated rings. The van der Waals surface area contributed by atoms with E-state index >= 15 is 0 Å². The van der Waals surface area contributed by atoms with Crippen LogP contribution in [-0.4, -0.2) is 67.5 Å². The molecule has 2 heterocycles. The topological polar surface area (TPSA) is 70.3 Å². The molecule has 7 nitrogen and oxygen atoms in total. The molecule has 29 heavy (non-hydrogen) atoms. The zero-order chi connectivity index (χ0) is 19.9. The number of carbonyl (C=O) groups excluding carboxylic acids is 1. The summed E-state index contributed by atoms with van der Waals surface area (Å²) in [6.07, 6.45) is 1.47. The zero-order valence-electron chi connectivity index (χ0n) is 16.5. The van der Waals surface area contributed by atoms with Gasteiger partial charge in [-0.25, -0.2) is 0 Å². The van der Waals surface area contributed by atoms with Crippen LogP contribution in [0, 0.1) is 0 Å². The van der Waals surface area contributed by atoms with Gasteiger partial charge in [0.1, 0.15) is 11.9 Å². The maximum atomic E-state index is 12.4. The normalized spacial score (nSPS) is 15.5. The first-order valence-electron chi connectivity index (χ1n) is 9.27. The number of ether oxygens (including phenoxy) is 1. The van der Waals surface area contributed by atoms with Crippen LogP contribution in [0.4, 0.5) is 0 Å². The van der Waals surface area contributed by atoms with Crippen molar-refractivity contribution in [1.82, 2.24) is 15.1 Å². The molecule has 1 atom stereocenters. The Morgan fingerprint density at radius 2 is 1.86 bits per heavy atom. The summed E-state index contributed by atoms with van der Waals surface area (Å²) < 4.78 is 11.1. The minimum Gasteiger partial charge on any atom is -0.489 e. The third kappa shape index (κ3) is 6.53. The number of nitrogens with one attached hydrogen (secondary N) is 1. The van der Waals surface area contributed by atoms with Gasteiger partial charge in [0.05, 0.1) is 12.8 Å². The van der Waals surface area contributed by atoms with E-state index in [1.165, 1.54) is 6.26 Å². The van der Waals surface area contributed by atoms with Crippen LogP contribution in [0.1, 0.15) is 17.5 Å². The van der Waals surface area contributed by atoms with Crippen LogP contribution in [0.15, 0.2) is 52.1 Å². The van der Waals surface area contributed by atoms with E-state index in [-0.39, 0.29) is 36.0 Å². The molecule has 2 aromatic rings. The van der Waals surface area contributed by atoms with Crippen LogP contribution in [-0.2, 0) is 0 Å². The highest BCUT2D eigenvalue weighted by molar-refractivity contribution is 14.0. The van der Waals surface area contributed by atoms with E-state index in [4.69, 9.17) is 20.8 Å². The molecular weight excluding hydrogens is 507 g/mol. The van der Waals surface area contributed by atoms with Crippen molar-refractivity contribution in [3.05, 3.63) is 53.4 Å². The lowest BCUT2D eigenvalue weighted by Gasteiger charge is -2.36. The maximum Gasteiger partial charge on any atom is 0.289 e. The molecule has 3 rings (SSSR count). The van der Waals surface area contributed by atoms with Gasteiger partial charge in [-0.15, -0.1) is 24.0 Å². The fraction of sp³-hybridized carbons (Fsp3) is 0.400. The van der Waals surface area contributed by atoms with Crippen LogP contribution >= 0.6 is 35.6 Å². The molecular formula is C20H26ClIN4O3. The molecule has 1 aromatic heterocycles. The van der Waals surface area contributed by atoms with Crippen LogP contribution in [0.5, 0.6) is 5.75 Å². The summed E-state index contributed by atoms with van der Waals surface area (Å²) in [7, 11) is 1.76. The Labute approximate surface area is 193 Å². The predicted molar refractivity (Wildman–Crippen MR) is 125 cm³/mol. The number of nitrogens with zero attached hydrogens (tertiary/aromatic N) is 3. The van der Waals surface area contributed by atoms with Gasteiger partial charge in [-0.2, -0.15) is 0 Å².